The Bertz CT molecular complexity index is 507. The van der Waals surface area contributed by atoms with Crippen molar-refractivity contribution in [1.29, 1.82) is 0 Å². The highest BCUT2D eigenvalue weighted by molar-refractivity contribution is 5.06. The van der Waals surface area contributed by atoms with Gasteiger partial charge in [-0.3, -0.25) is 9.58 Å². The Morgan fingerprint density at radius 2 is 2.28 bits per heavy atom. The summed E-state index contributed by atoms with van der Waals surface area (Å²) in [6, 6.07) is 2.53. The van der Waals surface area contributed by atoms with E-state index in [4.69, 9.17) is 0 Å². The lowest BCUT2D eigenvalue weighted by molar-refractivity contribution is 0.311. The maximum absolute atomic E-state index is 4.41. The van der Waals surface area contributed by atoms with E-state index in [9.17, 15) is 0 Å². The third-order valence-corrected chi connectivity index (χ3v) is 3.40. The van der Waals surface area contributed by atoms with Crippen LogP contribution in [0.5, 0.6) is 0 Å². The quantitative estimate of drug-likeness (QED) is 0.818. The third-order valence-electron chi connectivity index (χ3n) is 3.40. The van der Waals surface area contributed by atoms with Crippen molar-refractivity contribution < 1.29 is 0 Å². The van der Waals surface area contributed by atoms with Gasteiger partial charge in [0.05, 0.1) is 18.4 Å². The number of aryl methyl sites for hydroxylation is 1. The van der Waals surface area contributed by atoms with Gasteiger partial charge in [-0.05, 0) is 30.5 Å². The van der Waals surface area contributed by atoms with Crippen molar-refractivity contribution in [3.63, 3.8) is 0 Å². The lowest BCUT2D eigenvalue weighted by Gasteiger charge is -2.15. The second-order valence-corrected chi connectivity index (χ2v) is 4.93. The molecule has 1 aliphatic heterocycles. The first-order chi connectivity index (χ1) is 8.81. The summed E-state index contributed by atoms with van der Waals surface area (Å²) >= 11 is 0. The van der Waals surface area contributed by atoms with E-state index in [1.165, 1.54) is 17.5 Å². The zero-order chi connectivity index (χ0) is 12.4. The second-order valence-electron chi connectivity index (χ2n) is 4.93. The molecule has 0 radical (unpaired) electrons. The number of hydrogen-bond acceptors (Lipinski definition) is 4. The van der Waals surface area contributed by atoms with Crippen LogP contribution in [0.25, 0.3) is 0 Å². The van der Waals surface area contributed by atoms with Gasteiger partial charge in [0.1, 0.15) is 0 Å². The van der Waals surface area contributed by atoms with Crippen LogP contribution in [0.15, 0.2) is 30.9 Å². The smallest absolute Gasteiger partial charge is 0.0658 e. The van der Waals surface area contributed by atoms with Gasteiger partial charge in [-0.25, -0.2) is 0 Å². The van der Waals surface area contributed by atoms with Gasteiger partial charge in [0, 0.05) is 32.0 Å². The van der Waals surface area contributed by atoms with Crippen molar-refractivity contribution in [3.05, 3.63) is 42.0 Å². The SMILES string of the molecule is Cc1cnn(C2CCN(Cc3ccnnc3)C2)c1. The summed E-state index contributed by atoms with van der Waals surface area (Å²) < 4.78 is 2.10. The molecule has 1 unspecified atom stereocenters. The molecule has 5 heteroatoms. The number of nitrogens with zero attached hydrogens (tertiary/aromatic N) is 5. The molecule has 0 spiro atoms. The highest BCUT2D eigenvalue weighted by Crippen LogP contribution is 2.22. The van der Waals surface area contributed by atoms with Crippen LogP contribution in [-0.2, 0) is 6.54 Å². The van der Waals surface area contributed by atoms with Crippen molar-refractivity contribution in [2.45, 2.75) is 25.9 Å². The molecule has 3 rings (SSSR count). The molecule has 2 aromatic rings. The Morgan fingerprint density at radius 3 is 3.00 bits per heavy atom. The second kappa shape index (κ2) is 4.86. The molecule has 1 saturated heterocycles. The minimum absolute atomic E-state index is 0.508. The maximum Gasteiger partial charge on any atom is 0.0658 e. The van der Waals surface area contributed by atoms with E-state index in [1.54, 1.807) is 6.20 Å². The fraction of sp³-hybridized carbons (Fsp3) is 0.462. The van der Waals surface area contributed by atoms with Crippen LogP contribution in [-0.4, -0.2) is 38.0 Å². The van der Waals surface area contributed by atoms with Crippen molar-refractivity contribution in [3.8, 4) is 0 Å². The predicted molar refractivity (Wildman–Crippen MR) is 67.9 cm³/mol. The number of hydrogen-bond donors (Lipinski definition) is 0. The average molecular weight is 243 g/mol. The van der Waals surface area contributed by atoms with Gasteiger partial charge in [0.2, 0.25) is 0 Å². The summed E-state index contributed by atoms with van der Waals surface area (Å²) in [6.45, 7) is 5.21. The van der Waals surface area contributed by atoms with E-state index >= 15 is 0 Å². The maximum atomic E-state index is 4.41. The van der Waals surface area contributed by atoms with Crippen molar-refractivity contribution in [2.24, 2.45) is 0 Å². The molecular formula is C13H17N5. The number of aromatic nitrogens is 4. The van der Waals surface area contributed by atoms with Crippen LogP contribution in [0.1, 0.15) is 23.6 Å². The minimum Gasteiger partial charge on any atom is -0.297 e. The molecule has 1 atom stereocenters. The largest absolute Gasteiger partial charge is 0.297 e. The molecule has 0 N–H and O–H groups in total. The summed E-state index contributed by atoms with van der Waals surface area (Å²) in [5.74, 6) is 0. The fourth-order valence-electron chi connectivity index (χ4n) is 2.47. The van der Waals surface area contributed by atoms with E-state index in [-0.39, 0.29) is 0 Å². The topological polar surface area (TPSA) is 46.8 Å². The van der Waals surface area contributed by atoms with Gasteiger partial charge < -0.3 is 0 Å². The summed E-state index contributed by atoms with van der Waals surface area (Å²) in [5.41, 5.74) is 2.45. The Balaban J connectivity index is 1.62. The Labute approximate surface area is 106 Å². The molecule has 0 saturated carbocycles. The number of likely N-dealkylation sites (tertiary alicyclic amines) is 1. The molecule has 5 nitrogen and oxygen atoms in total. The molecule has 18 heavy (non-hydrogen) atoms. The Hall–Kier alpha value is -1.75. The monoisotopic (exact) mass is 243 g/mol. The van der Waals surface area contributed by atoms with E-state index in [1.807, 2.05) is 18.5 Å². The fourth-order valence-corrected chi connectivity index (χ4v) is 2.47. The van der Waals surface area contributed by atoms with Crippen LogP contribution in [0.2, 0.25) is 0 Å². The Morgan fingerprint density at radius 1 is 1.33 bits per heavy atom. The van der Waals surface area contributed by atoms with E-state index < -0.39 is 0 Å². The highest BCUT2D eigenvalue weighted by atomic mass is 15.3. The summed E-state index contributed by atoms with van der Waals surface area (Å²) in [6.07, 6.45) is 8.81. The van der Waals surface area contributed by atoms with Crippen LogP contribution < -0.4 is 0 Å². The van der Waals surface area contributed by atoms with Gasteiger partial charge in [0.15, 0.2) is 0 Å². The van der Waals surface area contributed by atoms with Crippen LogP contribution in [0.3, 0.4) is 0 Å². The highest BCUT2D eigenvalue weighted by Gasteiger charge is 2.24. The van der Waals surface area contributed by atoms with Crippen molar-refractivity contribution >= 4 is 0 Å². The van der Waals surface area contributed by atoms with Crippen LogP contribution in [0, 0.1) is 6.92 Å². The minimum atomic E-state index is 0.508. The molecule has 1 aliphatic rings. The standard InChI is InChI=1S/C13H17N5/c1-11-6-16-18(8-11)13-3-5-17(10-13)9-12-2-4-14-15-7-12/h2,4,6-8,13H,3,5,9-10H2,1H3. The summed E-state index contributed by atoms with van der Waals surface area (Å²) in [5, 5.41) is 12.1. The molecule has 0 aromatic carbocycles. The molecule has 0 bridgehead atoms. The van der Waals surface area contributed by atoms with Gasteiger partial charge >= 0.3 is 0 Å². The van der Waals surface area contributed by atoms with Crippen molar-refractivity contribution in [2.75, 3.05) is 13.1 Å². The molecule has 0 aliphatic carbocycles. The lowest BCUT2D eigenvalue weighted by atomic mass is 10.3. The molecule has 2 aromatic heterocycles. The van der Waals surface area contributed by atoms with Crippen LogP contribution in [0.4, 0.5) is 0 Å². The van der Waals surface area contributed by atoms with E-state index in [2.05, 4.69) is 38.0 Å². The van der Waals surface area contributed by atoms with Gasteiger partial charge in [-0.1, -0.05) is 0 Å². The molecule has 0 amide bonds. The van der Waals surface area contributed by atoms with E-state index in [0.29, 0.717) is 6.04 Å². The molecule has 3 heterocycles. The third kappa shape index (κ3) is 2.41. The van der Waals surface area contributed by atoms with E-state index in [0.717, 1.165) is 19.6 Å². The molecule has 1 fully saturated rings. The Kier molecular flexibility index (Phi) is 3.06. The van der Waals surface area contributed by atoms with Gasteiger partial charge in [-0.2, -0.15) is 15.3 Å². The lowest BCUT2D eigenvalue weighted by Crippen LogP contribution is -2.21. The first kappa shape index (κ1) is 11.3. The molecular weight excluding hydrogens is 226 g/mol. The average Bonchev–Trinajstić information content (AvgIpc) is 2.99. The van der Waals surface area contributed by atoms with Crippen LogP contribution >= 0.6 is 0 Å². The zero-order valence-electron chi connectivity index (χ0n) is 10.5. The predicted octanol–water partition coefficient (Wildman–Crippen LogP) is 1.43. The normalized spacial score (nSPS) is 20.4. The molecule has 94 valence electrons. The van der Waals surface area contributed by atoms with Crippen molar-refractivity contribution in [1.82, 2.24) is 24.9 Å². The first-order valence-electron chi connectivity index (χ1n) is 6.30. The zero-order valence-corrected chi connectivity index (χ0v) is 10.5. The van der Waals surface area contributed by atoms with Gasteiger partial charge in [0.25, 0.3) is 0 Å². The summed E-state index contributed by atoms with van der Waals surface area (Å²) in [4.78, 5) is 2.44. The van der Waals surface area contributed by atoms with Gasteiger partial charge in [-0.15, -0.1) is 0 Å². The summed E-state index contributed by atoms with van der Waals surface area (Å²) in [7, 11) is 0. The first-order valence-corrected chi connectivity index (χ1v) is 6.30. The number of rotatable bonds is 3.